The van der Waals surface area contributed by atoms with Gasteiger partial charge >= 0.3 is 11.9 Å². The molecule has 3 aromatic carbocycles. The van der Waals surface area contributed by atoms with E-state index in [1.807, 2.05) is 0 Å². The van der Waals surface area contributed by atoms with E-state index in [0.29, 0.717) is 16.0 Å². The predicted octanol–water partition coefficient (Wildman–Crippen LogP) is 4.27. The maximum atomic E-state index is 13.8. The number of methoxy groups -OCH3 is 2. The largest absolute Gasteiger partial charge is 0.469 e. The van der Waals surface area contributed by atoms with Gasteiger partial charge in [-0.05, 0) is 59.3 Å². The highest BCUT2D eigenvalue weighted by molar-refractivity contribution is 9.10. The van der Waals surface area contributed by atoms with Crippen LogP contribution >= 0.6 is 27.5 Å². The molecule has 4 rings (SSSR count). The molecule has 9 nitrogen and oxygen atoms in total. The SMILES string of the molecule is COC(=O)C[C@H]1CN(S(=O)(=O)c2ccc3cc(Cl)ccc3c2)C[C@H](CC(=O)OC)N1C(=O)c1ccc(Br)cc1. The normalized spacial score (nSPS) is 18.1. The number of rotatable bonds is 7. The fourth-order valence-corrected chi connectivity index (χ4v) is 6.67. The molecule has 0 saturated carbocycles. The third-order valence-corrected chi connectivity index (χ3v) is 9.20. The first-order valence-corrected chi connectivity index (χ1v) is 14.6. The van der Waals surface area contributed by atoms with Gasteiger partial charge in [0.15, 0.2) is 0 Å². The predicted molar refractivity (Wildman–Crippen MR) is 149 cm³/mol. The number of benzene rings is 3. The number of sulfonamides is 1. The molecule has 1 heterocycles. The summed E-state index contributed by atoms with van der Waals surface area (Å²) < 4.78 is 39.4. The number of ether oxygens (including phenoxy) is 2. The van der Waals surface area contributed by atoms with Crippen molar-refractivity contribution >= 4 is 66.2 Å². The van der Waals surface area contributed by atoms with E-state index in [2.05, 4.69) is 15.9 Å². The number of fused-ring (bicyclic) bond motifs is 1. The average Bonchev–Trinajstić information content (AvgIpc) is 2.92. The third kappa shape index (κ3) is 6.43. The highest BCUT2D eigenvalue weighted by atomic mass is 79.9. The Morgan fingerprint density at radius 1 is 0.872 bits per heavy atom. The van der Waals surface area contributed by atoms with Crippen molar-refractivity contribution in [1.29, 1.82) is 0 Å². The molecular formula is C27H26BrClN2O7S. The van der Waals surface area contributed by atoms with Crippen molar-refractivity contribution < 1.29 is 32.3 Å². The second kappa shape index (κ2) is 12.0. The molecule has 12 heteroatoms. The molecule has 3 aromatic rings. The number of piperazine rings is 1. The van der Waals surface area contributed by atoms with Gasteiger partial charge in [0.05, 0.1) is 44.0 Å². The Morgan fingerprint density at radius 3 is 1.97 bits per heavy atom. The van der Waals surface area contributed by atoms with Crippen molar-refractivity contribution in [3.63, 3.8) is 0 Å². The van der Waals surface area contributed by atoms with Crippen LogP contribution in [0.3, 0.4) is 0 Å². The van der Waals surface area contributed by atoms with E-state index in [0.717, 1.165) is 9.86 Å². The van der Waals surface area contributed by atoms with Gasteiger partial charge in [-0.2, -0.15) is 4.31 Å². The number of esters is 2. The van der Waals surface area contributed by atoms with Gasteiger partial charge in [0.25, 0.3) is 5.91 Å². The summed E-state index contributed by atoms with van der Waals surface area (Å²) in [5, 5.41) is 1.99. The molecular weight excluding hydrogens is 612 g/mol. The summed E-state index contributed by atoms with van der Waals surface area (Å²) in [4.78, 5) is 39.9. The smallest absolute Gasteiger partial charge is 0.307 e. The standard InChI is InChI=1S/C27H26BrClN2O7S/c1-37-25(32)13-22-15-30(39(35,36)24-10-6-18-11-21(29)9-5-19(18)12-24)16-23(14-26(33)38-2)31(22)27(34)17-3-7-20(28)8-4-17/h3-12,22-23H,13-16H2,1-2H3/t22-,23-/m0/s1. The van der Waals surface area contributed by atoms with Gasteiger partial charge in [0.2, 0.25) is 10.0 Å². The maximum Gasteiger partial charge on any atom is 0.307 e. The van der Waals surface area contributed by atoms with Gasteiger partial charge in [-0.3, -0.25) is 14.4 Å². The van der Waals surface area contributed by atoms with Crippen LogP contribution in [0.15, 0.2) is 70.0 Å². The first-order chi connectivity index (χ1) is 18.5. The molecule has 0 aromatic heterocycles. The summed E-state index contributed by atoms with van der Waals surface area (Å²) in [5.41, 5.74) is 0.326. The number of carbonyl (C=O) groups is 3. The topological polar surface area (TPSA) is 110 Å². The van der Waals surface area contributed by atoms with Crippen LogP contribution in [0, 0.1) is 0 Å². The Kier molecular flexibility index (Phi) is 8.95. The highest BCUT2D eigenvalue weighted by Gasteiger charge is 2.44. The minimum atomic E-state index is -4.08. The lowest BCUT2D eigenvalue weighted by Crippen LogP contribution is -2.62. The minimum absolute atomic E-state index is 0.0404. The zero-order chi connectivity index (χ0) is 28.3. The molecule has 0 radical (unpaired) electrons. The number of carbonyl (C=O) groups excluding carboxylic acids is 3. The summed E-state index contributed by atoms with van der Waals surface area (Å²) in [7, 11) is -1.65. The molecule has 39 heavy (non-hydrogen) atoms. The van der Waals surface area contributed by atoms with E-state index in [4.69, 9.17) is 21.1 Å². The molecule has 0 aliphatic carbocycles. The zero-order valence-corrected chi connectivity index (χ0v) is 24.3. The molecule has 0 unspecified atom stereocenters. The molecule has 1 aliphatic rings. The van der Waals surface area contributed by atoms with Gasteiger partial charge in [0, 0.05) is 28.1 Å². The Morgan fingerprint density at radius 2 is 1.41 bits per heavy atom. The summed E-state index contributed by atoms with van der Waals surface area (Å²) in [5.74, 6) is -1.68. The highest BCUT2D eigenvalue weighted by Crippen LogP contribution is 2.30. The number of amides is 1. The Labute approximate surface area is 239 Å². The van der Waals surface area contributed by atoms with Gasteiger partial charge in [-0.1, -0.05) is 39.7 Å². The number of nitrogens with zero attached hydrogens (tertiary/aromatic N) is 2. The Balaban J connectivity index is 1.75. The van der Waals surface area contributed by atoms with Gasteiger partial charge in [-0.15, -0.1) is 0 Å². The lowest BCUT2D eigenvalue weighted by molar-refractivity contribution is -0.143. The van der Waals surface area contributed by atoms with Crippen molar-refractivity contribution in [3.05, 3.63) is 75.7 Å². The molecule has 0 N–H and O–H groups in total. The van der Waals surface area contributed by atoms with E-state index in [9.17, 15) is 22.8 Å². The van der Waals surface area contributed by atoms with Crippen LogP contribution in [0.2, 0.25) is 5.02 Å². The van der Waals surface area contributed by atoms with Crippen LogP contribution in [-0.4, -0.2) is 74.9 Å². The first kappa shape index (κ1) is 29.0. The van der Waals surface area contributed by atoms with E-state index in [1.54, 1.807) is 54.6 Å². The molecule has 0 bridgehead atoms. The van der Waals surface area contributed by atoms with Gasteiger partial charge in [-0.25, -0.2) is 8.42 Å². The minimum Gasteiger partial charge on any atom is -0.469 e. The molecule has 2 atom stereocenters. The van der Waals surface area contributed by atoms with Crippen LogP contribution in [0.1, 0.15) is 23.2 Å². The average molecular weight is 638 g/mol. The van der Waals surface area contributed by atoms with Crippen LogP contribution in [0.4, 0.5) is 0 Å². The van der Waals surface area contributed by atoms with Crippen LogP contribution < -0.4 is 0 Å². The quantitative estimate of drug-likeness (QED) is 0.356. The number of hydrogen-bond acceptors (Lipinski definition) is 7. The van der Waals surface area contributed by atoms with E-state index < -0.39 is 40.0 Å². The zero-order valence-electron chi connectivity index (χ0n) is 21.2. The first-order valence-electron chi connectivity index (χ1n) is 11.9. The summed E-state index contributed by atoms with van der Waals surface area (Å²) in [6.07, 6.45) is -0.530. The van der Waals surface area contributed by atoms with Gasteiger partial charge < -0.3 is 14.4 Å². The molecule has 1 aliphatic heterocycles. The van der Waals surface area contributed by atoms with Crippen LogP contribution in [0.5, 0.6) is 0 Å². The Hall–Kier alpha value is -2.99. The molecule has 1 fully saturated rings. The van der Waals surface area contributed by atoms with E-state index in [1.165, 1.54) is 29.5 Å². The lowest BCUT2D eigenvalue weighted by atomic mass is 10.00. The Bertz CT molecular complexity index is 1490. The fraction of sp³-hybridized carbons (Fsp3) is 0.296. The lowest BCUT2D eigenvalue weighted by Gasteiger charge is -2.45. The molecule has 1 amide bonds. The summed E-state index contributed by atoms with van der Waals surface area (Å²) in [6, 6.07) is 14.7. The van der Waals surface area contributed by atoms with Gasteiger partial charge in [0.1, 0.15) is 0 Å². The van der Waals surface area contributed by atoms with Crippen LogP contribution in [0.25, 0.3) is 10.8 Å². The summed E-state index contributed by atoms with van der Waals surface area (Å²) >= 11 is 9.41. The van der Waals surface area contributed by atoms with E-state index >= 15 is 0 Å². The van der Waals surface area contributed by atoms with Crippen LogP contribution in [-0.2, 0) is 29.1 Å². The second-order valence-electron chi connectivity index (χ2n) is 9.06. The van der Waals surface area contributed by atoms with Crippen molar-refractivity contribution in [3.8, 4) is 0 Å². The van der Waals surface area contributed by atoms with E-state index in [-0.39, 0.29) is 30.8 Å². The van der Waals surface area contributed by atoms with Crippen molar-refractivity contribution in [2.75, 3.05) is 27.3 Å². The number of hydrogen-bond donors (Lipinski definition) is 0. The van der Waals surface area contributed by atoms with Crippen molar-refractivity contribution in [1.82, 2.24) is 9.21 Å². The second-order valence-corrected chi connectivity index (χ2v) is 12.4. The van der Waals surface area contributed by atoms with Crippen molar-refractivity contribution in [2.45, 2.75) is 29.8 Å². The third-order valence-electron chi connectivity index (χ3n) is 6.61. The maximum absolute atomic E-state index is 13.8. The summed E-state index contributed by atoms with van der Waals surface area (Å²) in [6.45, 7) is -0.341. The molecule has 206 valence electrons. The van der Waals surface area contributed by atoms with Crippen molar-refractivity contribution in [2.24, 2.45) is 0 Å². The molecule has 0 spiro atoms. The number of halogens is 2. The fourth-order valence-electron chi connectivity index (χ4n) is 4.67. The monoisotopic (exact) mass is 636 g/mol. The molecule has 1 saturated heterocycles.